The first kappa shape index (κ1) is 19.9. The molecule has 0 amide bonds. The number of pyridine rings is 1. The Morgan fingerprint density at radius 1 is 1.11 bits per heavy atom. The van der Waals surface area contributed by atoms with Crippen molar-refractivity contribution in [2.24, 2.45) is 0 Å². The summed E-state index contributed by atoms with van der Waals surface area (Å²) in [5, 5.41) is 0.423. The summed E-state index contributed by atoms with van der Waals surface area (Å²) in [5.41, 5.74) is 1.29. The molecule has 0 atom stereocenters. The average Bonchev–Trinajstić information content (AvgIpc) is 2.72. The number of halogens is 1. The van der Waals surface area contributed by atoms with Crippen molar-refractivity contribution in [3.8, 4) is 0 Å². The van der Waals surface area contributed by atoms with Crippen molar-refractivity contribution in [3.05, 3.63) is 89.2 Å². The van der Waals surface area contributed by atoms with Crippen molar-refractivity contribution in [3.63, 3.8) is 0 Å². The zero-order valence-electron chi connectivity index (χ0n) is 14.9. The first-order valence-electron chi connectivity index (χ1n) is 8.28. The number of ether oxygens (including phenoxy) is 1. The number of carbonyl (C=O) groups excluding carboxylic acids is 1. The van der Waals surface area contributed by atoms with Gasteiger partial charge in [-0.3, -0.25) is 9.29 Å². The molecule has 0 saturated carbocycles. The lowest BCUT2D eigenvalue weighted by atomic mass is 10.2. The summed E-state index contributed by atoms with van der Waals surface area (Å²) in [5.74, 6) is -0.619. The molecule has 0 saturated heterocycles. The minimum absolute atomic E-state index is 0.0224. The van der Waals surface area contributed by atoms with Crippen LogP contribution in [0.15, 0.2) is 78.0 Å². The van der Waals surface area contributed by atoms with Gasteiger partial charge in [0.05, 0.1) is 16.1 Å². The van der Waals surface area contributed by atoms with Crippen LogP contribution in [0, 0.1) is 0 Å². The quantitative estimate of drug-likeness (QED) is 0.569. The molecule has 28 heavy (non-hydrogen) atoms. The number of anilines is 1. The van der Waals surface area contributed by atoms with Gasteiger partial charge in [0.2, 0.25) is 0 Å². The predicted molar refractivity (Wildman–Crippen MR) is 107 cm³/mol. The molecule has 0 spiro atoms. The first-order chi connectivity index (χ1) is 13.4. The van der Waals surface area contributed by atoms with E-state index in [1.54, 1.807) is 48.8 Å². The highest BCUT2D eigenvalue weighted by molar-refractivity contribution is 7.92. The van der Waals surface area contributed by atoms with Gasteiger partial charge in [0.15, 0.2) is 0 Å². The highest BCUT2D eigenvalue weighted by Gasteiger charge is 2.23. The van der Waals surface area contributed by atoms with Gasteiger partial charge in [-0.15, -0.1) is 0 Å². The normalized spacial score (nSPS) is 11.1. The van der Waals surface area contributed by atoms with Crippen LogP contribution in [0.1, 0.15) is 15.9 Å². The highest BCUT2D eigenvalue weighted by atomic mass is 35.5. The smallest absolute Gasteiger partial charge is 0.338 e. The molecule has 0 radical (unpaired) electrons. The first-order valence-corrected chi connectivity index (χ1v) is 10.1. The van der Waals surface area contributed by atoms with E-state index in [2.05, 4.69) is 4.98 Å². The maximum absolute atomic E-state index is 12.9. The fourth-order valence-electron chi connectivity index (χ4n) is 2.47. The number of sulfonamides is 1. The van der Waals surface area contributed by atoms with Crippen LogP contribution in [0.5, 0.6) is 0 Å². The predicted octanol–water partition coefficient (Wildman–Crippen LogP) is 3.92. The number of nitrogens with zero attached hydrogens (tertiary/aromatic N) is 2. The molecule has 6 nitrogen and oxygen atoms in total. The minimum Gasteiger partial charge on any atom is -0.457 e. The standard InChI is InChI=1S/C20H17ClN2O4S/c1-23(18-8-3-7-17(21)12-18)28(25,26)19-9-2-6-16(11-19)20(24)27-14-15-5-4-10-22-13-15/h2-13H,14H2,1H3. The molecule has 144 valence electrons. The third-order valence-electron chi connectivity index (χ3n) is 3.99. The SMILES string of the molecule is CN(c1cccc(Cl)c1)S(=O)(=O)c1cccc(C(=O)OCc2cccnc2)c1. The Morgan fingerprint density at radius 2 is 1.89 bits per heavy atom. The van der Waals surface area contributed by atoms with Crippen LogP contribution in [-0.2, 0) is 21.4 Å². The fraction of sp³-hybridized carbons (Fsp3) is 0.100. The van der Waals surface area contributed by atoms with Gasteiger partial charge in [0, 0.05) is 30.0 Å². The lowest BCUT2D eigenvalue weighted by Crippen LogP contribution is -2.26. The highest BCUT2D eigenvalue weighted by Crippen LogP contribution is 2.25. The molecule has 1 heterocycles. The van der Waals surface area contributed by atoms with E-state index >= 15 is 0 Å². The Bertz CT molecular complexity index is 1090. The molecule has 0 fully saturated rings. The van der Waals surface area contributed by atoms with Crippen molar-refractivity contribution >= 4 is 33.3 Å². The molecule has 0 aliphatic heterocycles. The zero-order chi connectivity index (χ0) is 20.1. The van der Waals surface area contributed by atoms with Crippen molar-refractivity contribution < 1.29 is 17.9 Å². The Labute approximate surface area is 168 Å². The van der Waals surface area contributed by atoms with Crippen LogP contribution in [0.3, 0.4) is 0 Å². The molecule has 3 aromatic rings. The van der Waals surface area contributed by atoms with E-state index in [-0.39, 0.29) is 17.1 Å². The van der Waals surface area contributed by atoms with E-state index in [4.69, 9.17) is 16.3 Å². The summed E-state index contributed by atoms with van der Waals surface area (Å²) in [6.45, 7) is 0.0477. The average molecular weight is 417 g/mol. The van der Waals surface area contributed by atoms with Crippen LogP contribution < -0.4 is 4.31 Å². The number of aromatic nitrogens is 1. The second-order valence-electron chi connectivity index (χ2n) is 5.92. The maximum Gasteiger partial charge on any atom is 0.338 e. The molecule has 8 heteroatoms. The van der Waals surface area contributed by atoms with Gasteiger partial charge in [-0.05, 0) is 42.5 Å². The van der Waals surface area contributed by atoms with Gasteiger partial charge in [-0.25, -0.2) is 13.2 Å². The number of carbonyl (C=O) groups is 1. The van der Waals surface area contributed by atoms with Gasteiger partial charge in [0.25, 0.3) is 10.0 Å². The van der Waals surface area contributed by atoms with Crippen molar-refractivity contribution in [1.29, 1.82) is 0 Å². The Kier molecular flexibility index (Phi) is 5.96. The largest absolute Gasteiger partial charge is 0.457 e. The molecule has 1 aromatic heterocycles. The molecule has 0 unspecified atom stereocenters. The lowest BCUT2D eigenvalue weighted by molar-refractivity contribution is 0.0472. The van der Waals surface area contributed by atoms with Gasteiger partial charge in [-0.1, -0.05) is 29.8 Å². The van der Waals surface area contributed by atoms with Crippen molar-refractivity contribution in [2.75, 3.05) is 11.4 Å². The number of rotatable bonds is 6. The third kappa shape index (κ3) is 4.49. The van der Waals surface area contributed by atoms with E-state index in [0.717, 1.165) is 9.87 Å². The maximum atomic E-state index is 12.9. The van der Waals surface area contributed by atoms with E-state index < -0.39 is 16.0 Å². The summed E-state index contributed by atoms with van der Waals surface area (Å²) in [6.07, 6.45) is 3.21. The number of hydrogen-bond donors (Lipinski definition) is 0. The molecular weight excluding hydrogens is 400 g/mol. The monoisotopic (exact) mass is 416 g/mol. The zero-order valence-corrected chi connectivity index (χ0v) is 16.5. The van der Waals surface area contributed by atoms with Crippen LogP contribution in [0.25, 0.3) is 0 Å². The van der Waals surface area contributed by atoms with Crippen molar-refractivity contribution in [2.45, 2.75) is 11.5 Å². The second kappa shape index (κ2) is 8.41. The van der Waals surface area contributed by atoms with Gasteiger partial charge in [-0.2, -0.15) is 0 Å². The van der Waals surface area contributed by atoms with E-state index in [1.807, 2.05) is 0 Å². The van der Waals surface area contributed by atoms with Crippen LogP contribution in [0.2, 0.25) is 5.02 Å². The van der Waals surface area contributed by atoms with Gasteiger partial charge < -0.3 is 4.74 Å². The summed E-state index contributed by atoms with van der Waals surface area (Å²) in [4.78, 5) is 16.2. The summed E-state index contributed by atoms with van der Waals surface area (Å²) >= 11 is 5.95. The number of hydrogen-bond acceptors (Lipinski definition) is 5. The Morgan fingerprint density at radius 3 is 2.61 bits per heavy atom. The van der Waals surface area contributed by atoms with Crippen LogP contribution >= 0.6 is 11.6 Å². The molecule has 0 N–H and O–H groups in total. The Hall–Kier alpha value is -2.90. The lowest BCUT2D eigenvalue weighted by Gasteiger charge is -2.20. The van der Waals surface area contributed by atoms with Crippen LogP contribution in [-0.4, -0.2) is 26.4 Å². The molecular formula is C20H17ClN2O4S. The minimum atomic E-state index is -3.88. The summed E-state index contributed by atoms with van der Waals surface area (Å²) < 4.78 is 32.2. The molecule has 0 aliphatic carbocycles. The van der Waals surface area contributed by atoms with Gasteiger partial charge in [0.1, 0.15) is 6.61 Å². The molecule has 0 aliphatic rings. The fourth-order valence-corrected chi connectivity index (χ4v) is 3.89. The topological polar surface area (TPSA) is 76.6 Å². The number of benzene rings is 2. The summed E-state index contributed by atoms with van der Waals surface area (Å²) in [7, 11) is -2.45. The summed E-state index contributed by atoms with van der Waals surface area (Å²) in [6, 6.07) is 15.7. The van der Waals surface area contributed by atoms with E-state index in [9.17, 15) is 13.2 Å². The molecule has 3 rings (SSSR count). The van der Waals surface area contributed by atoms with Gasteiger partial charge >= 0.3 is 5.97 Å². The molecule has 0 bridgehead atoms. The third-order valence-corrected chi connectivity index (χ3v) is 6.01. The second-order valence-corrected chi connectivity index (χ2v) is 8.32. The van der Waals surface area contributed by atoms with E-state index in [1.165, 1.54) is 31.3 Å². The Balaban J connectivity index is 1.80. The van der Waals surface area contributed by atoms with Crippen molar-refractivity contribution in [1.82, 2.24) is 4.98 Å². The van der Waals surface area contributed by atoms with E-state index in [0.29, 0.717) is 10.7 Å². The molecule has 2 aromatic carbocycles. The number of esters is 1. The van der Waals surface area contributed by atoms with Crippen LogP contribution in [0.4, 0.5) is 5.69 Å².